The Morgan fingerprint density at radius 3 is 2.45 bits per heavy atom. The topological polar surface area (TPSA) is 38.7 Å². The summed E-state index contributed by atoms with van der Waals surface area (Å²) in [5.41, 5.74) is 0. The molecule has 0 heterocycles. The van der Waals surface area contributed by atoms with Gasteiger partial charge in [0.25, 0.3) is 0 Å². The van der Waals surface area contributed by atoms with Crippen LogP contribution in [0.2, 0.25) is 0 Å². The Hall–Kier alpha value is -0.120. The molecule has 0 saturated carbocycles. The molecular weight excluding hydrogens is 144 g/mol. The van der Waals surface area contributed by atoms with E-state index in [1.165, 1.54) is 0 Å². The molecule has 0 aliphatic rings. The molecule has 68 valence electrons. The lowest BCUT2D eigenvalue weighted by molar-refractivity contribution is 0.0215. The zero-order valence-electron chi connectivity index (χ0n) is 7.38. The molecule has 0 saturated heterocycles. The van der Waals surface area contributed by atoms with Gasteiger partial charge in [0.15, 0.2) is 0 Å². The first-order valence-electron chi connectivity index (χ1n) is 3.97. The van der Waals surface area contributed by atoms with E-state index in [1.807, 2.05) is 0 Å². The van der Waals surface area contributed by atoms with Crippen LogP contribution in [-0.4, -0.2) is 38.6 Å². The van der Waals surface area contributed by atoms with E-state index in [0.717, 1.165) is 19.3 Å². The van der Waals surface area contributed by atoms with E-state index in [9.17, 15) is 0 Å². The number of methoxy groups -OCH3 is 2. The van der Waals surface area contributed by atoms with Crippen LogP contribution in [0.5, 0.6) is 0 Å². The van der Waals surface area contributed by atoms with Crippen molar-refractivity contribution in [3.8, 4) is 0 Å². The zero-order valence-corrected chi connectivity index (χ0v) is 7.38. The monoisotopic (exact) mass is 162 g/mol. The largest absolute Gasteiger partial charge is 0.396 e. The Balaban J connectivity index is 3.20. The molecule has 0 spiro atoms. The Morgan fingerprint density at radius 2 is 2.00 bits per heavy atom. The lowest BCUT2D eigenvalue weighted by Gasteiger charge is -2.12. The first kappa shape index (κ1) is 10.9. The first-order valence-corrected chi connectivity index (χ1v) is 3.97. The van der Waals surface area contributed by atoms with Crippen LogP contribution in [-0.2, 0) is 9.47 Å². The molecule has 0 aromatic carbocycles. The summed E-state index contributed by atoms with van der Waals surface area (Å²) in [5.74, 6) is 0. The third-order valence-electron chi connectivity index (χ3n) is 1.62. The maximum atomic E-state index is 8.51. The van der Waals surface area contributed by atoms with Crippen molar-refractivity contribution in [2.45, 2.75) is 25.4 Å². The molecule has 1 atom stereocenters. The third-order valence-corrected chi connectivity index (χ3v) is 1.62. The number of aliphatic hydroxyl groups excluding tert-OH is 1. The number of unbranched alkanes of at least 4 members (excludes halogenated alkanes) is 1. The quantitative estimate of drug-likeness (QED) is 0.563. The Kier molecular flexibility index (Phi) is 7.89. The van der Waals surface area contributed by atoms with E-state index in [-0.39, 0.29) is 12.7 Å². The summed E-state index contributed by atoms with van der Waals surface area (Å²) >= 11 is 0. The van der Waals surface area contributed by atoms with Crippen LogP contribution in [0.15, 0.2) is 0 Å². The number of hydrogen-bond donors (Lipinski definition) is 1. The van der Waals surface area contributed by atoms with E-state index < -0.39 is 0 Å². The molecule has 0 amide bonds. The zero-order chi connectivity index (χ0) is 8.53. The fourth-order valence-electron chi connectivity index (χ4n) is 0.939. The van der Waals surface area contributed by atoms with Gasteiger partial charge in [0.2, 0.25) is 0 Å². The van der Waals surface area contributed by atoms with Gasteiger partial charge < -0.3 is 14.6 Å². The summed E-state index contributed by atoms with van der Waals surface area (Å²) in [6.07, 6.45) is 3.00. The van der Waals surface area contributed by atoms with E-state index in [1.54, 1.807) is 14.2 Å². The Bertz CT molecular complexity index is 75.7. The normalized spacial score (nSPS) is 13.4. The van der Waals surface area contributed by atoms with Crippen molar-refractivity contribution in [3.05, 3.63) is 0 Å². The molecule has 0 rings (SSSR count). The third kappa shape index (κ3) is 6.28. The summed E-state index contributed by atoms with van der Waals surface area (Å²) in [6.45, 7) is 0.908. The van der Waals surface area contributed by atoms with Gasteiger partial charge in [0.1, 0.15) is 0 Å². The first-order chi connectivity index (χ1) is 5.35. The average Bonchev–Trinajstić information content (AvgIpc) is 2.03. The molecule has 0 aromatic rings. The second-order valence-electron chi connectivity index (χ2n) is 2.53. The minimum atomic E-state index is 0.187. The number of hydrogen-bond acceptors (Lipinski definition) is 3. The van der Waals surface area contributed by atoms with Crippen molar-refractivity contribution in [1.29, 1.82) is 0 Å². The van der Waals surface area contributed by atoms with Crippen LogP contribution in [0, 0.1) is 0 Å². The van der Waals surface area contributed by atoms with Crippen LogP contribution in [0.3, 0.4) is 0 Å². The van der Waals surface area contributed by atoms with E-state index in [2.05, 4.69) is 0 Å². The number of rotatable bonds is 7. The predicted molar refractivity (Wildman–Crippen MR) is 43.6 cm³/mol. The van der Waals surface area contributed by atoms with Crippen LogP contribution >= 0.6 is 0 Å². The maximum absolute atomic E-state index is 8.51. The maximum Gasteiger partial charge on any atom is 0.0804 e. The Labute approximate surface area is 68.3 Å². The van der Waals surface area contributed by atoms with Crippen molar-refractivity contribution >= 4 is 0 Å². The van der Waals surface area contributed by atoms with Crippen LogP contribution < -0.4 is 0 Å². The van der Waals surface area contributed by atoms with Crippen molar-refractivity contribution in [1.82, 2.24) is 0 Å². The van der Waals surface area contributed by atoms with Crippen LogP contribution in [0.4, 0.5) is 0 Å². The summed E-state index contributed by atoms with van der Waals surface area (Å²) < 4.78 is 10.1. The molecule has 3 heteroatoms. The molecule has 0 bridgehead atoms. The lowest BCUT2D eigenvalue weighted by atomic mass is 10.2. The molecular formula is C8H18O3. The fourth-order valence-corrected chi connectivity index (χ4v) is 0.939. The minimum absolute atomic E-state index is 0.187. The summed E-state index contributed by atoms with van der Waals surface area (Å²) in [4.78, 5) is 0. The van der Waals surface area contributed by atoms with Crippen molar-refractivity contribution in [2.75, 3.05) is 27.4 Å². The SMILES string of the molecule is COCC(CCCCO)OC. The van der Waals surface area contributed by atoms with E-state index in [4.69, 9.17) is 14.6 Å². The molecule has 0 fully saturated rings. The molecule has 11 heavy (non-hydrogen) atoms. The van der Waals surface area contributed by atoms with Gasteiger partial charge in [-0.3, -0.25) is 0 Å². The molecule has 1 unspecified atom stereocenters. The lowest BCUT2D eigenvalue weighted by Crippen LogP contribution is -2.17. The van der Waals surface area contributed by atoms with E-state index in [0.29, 0.717) is 6.61 Å². The van der Waals surface area contributed by atoms with Gasteiger partial charge in [-0.05, 0) is 19.3 Å². The van der Waals surface area contributed by atoms with Gasteiger partial charge in [0.05, 0.1) is 12.7 Å². The highest BCUT2D eigenvalue weighted by molar-refractivity contribution is 4.55. The highest BCUT2D eigenvalue weighted by Crippen LogP contribution is 2.03. The van der Waals surface area contributed by atoms with Gasteiger partial charge in [-0.1, -0.05) is 0 Å². The van der Waals surface area contributed by atoms with Crippen LogP contribution in [0.25, 0.3) is 0 Å². The molecule has 0 radical (unpaired) electrons. The Morgan fingerprint density at radius 1 is 1.27 bits per heavy atom. The molecule has 0 aliphatic heterocycles. The standard InChI is InChI=1S/C8H18O3/c1-10-7-8(11-2)5-3-4-6-9/h8-9H,3-7H2,1-2H3. The van der Waals surface area contributed by atoms with Gasteiger partial charge in [-0.25, -0.2) is 0 Å². The van der Waals surface area contributed by atoms with E-state index >= 15 is 0 Å². The van der Waals surface area contributed by atoms with Crippen molar-refractivity contribution in [2.24, 2.45) is 0 Å². The second kappa shape index (κ2) is 7.98. The summed E-state index contributed by atoms with van der Waals surface area (Å²) in [7, 11) is 3.35. The van der Waals surface area contributed by atoms with Gasteiger partial charge >= 0.3 is 0 Å². The molecule has 0 aliphatic carbocycles. The second-order valence-corrected chi connectivity index (χ2v) is 2.53. The average molecular weight is 162 g/mol. The number of ether oxygens (including phenoxy) is 2. The number of aliphatic hydroxyl groups is 1. The predicted octanol–water partition coefficient (Wildman–Crippen LogP) is 0.810. The smallest absolute Gasteiger partial charge is 0.0804 e. The highest BCUT2D eigenvalue weighted by Gasteiger charge is 2.04. The van der Waals surface area contributed by atoms with Crippen molar-refractivity contribution in [3.63, 3.8) is 0 Å². The molecule has 1 N–H and O–H groups in total. The fraction of sp³-hybridized carbons (Fsp3) is 1.00. The van der Waals surface area contributed by atoms with Gasteiger partial charge in [0, 0.05) is 20.8 Å². The van der Waals surface area contributed by atoms with Gasteiger partial charge in [-0.15, -0.1) is 0 Å². The molecule has 0 aromatic heterocycles. The summed E-state index contributed by atoms with van der Waals surface area (Å²) in [6, 6.07) is 0. The van der Waals surface area contributed by atoms with Crippen molar-refractivity contribution < 1.29 is 14.6 Å². The summed E-state index contributed by atoms with van der Waals surface area (Å²) in [5, 5.41) is 8.51. The van der Waals surface area contributed by atoms with Crippen LogP contribution in [0.1, 0.15) is 19.3 Å². The van der Waals surface area contributed by atoms with Gasteiger partial charge in [-0.2, -0.15) is 0 Å². The highest BCUT2D eigenvalue weighted by atomic mass is 16.5. The minimum Gasteiger partial charge on any atom is -0.396 e. The molecule has 3 nitrogen and oxygen atoms in total.